The molecule has 0 aliphatic carbocycles. The Bertz CT molecular complexity index is 1470. The number of amides is 2. The van der Waals surface area contributed by atoms with Crippen LogP contribution in [0, 0.1) is 0 Å². The van der Waals surface area contributed by atoms with Crippen molar-refractivity contribution < 1.29 is 37.8 Å². The van der Waals surface area contributed by atoms with Crippen LogP contribution in [-0.4, -0.2) is 75.2 Å². The highest BCUT2D eigenvalue weighted by Gasteiger charge is 2.32. The fourth-order valence-corrected chi connectivity index (χ4v) is 5.46. The average Bonchev–Trinajstić information content (AvgIpc) is 3.26. The number of aryl methyl sites for hydroxylation is 1. The number of rotatable bonds is 13. The standard InChI is InChI=1S/C24H28N6O8S/c1-30-21-15(8-5-9-17(21)28-29-30)12-39(37,38)13-18(26-19(31)11-10-16(25)23(33)34)22(32)27-20(24(35)36)14-6-3-2-4-7-14/h2-9,16,18,20H,10-13,25H2,1H3,(H,26,31)(H,27,32)(H,33,34)(H,35,36)/t16-,18-,20+/m0/s1. The predicted molar refractivity (Wildman–Crippen MR) is 138 cm³/mol. The molecule has 15 heteroatoms. The molecule has 2 amide bonds. The molecule has 0 saturated carbocycles. The summed E-state index contributed by atoms with van der Waals surface area (Å²) in [6.07, 6.45) is -0.669. The molecule has 0 saturated heterocycles. The summed E-state index contributed by atoms with van der Waals surface area (Å²) in [5.74, 6) is -5.98. The van der Waals surface area contributed by atoms with E-state index in [2.05, 4.69) is 20.9 Å². The maximum Gasteiger partial charge on any atom is 0.330 e. The van der Waals surface area contributed by atoms with Gasteiger partial charge in [-0.2, -0.15) is 0 Å². The fourth-order valence-electron chi connectivity index (χ4n) is 3.89. The Morgan fingerprint density at radius 3 is 2.33 bits per heavy atom. The van der Waals surface area contributed by atoms with E-state index in [0.29, 0.717) is 16.6 Å². The highest BCUT2D eigenvalue weighted by molar-refractivity contribution is 7.90. The SMILES string of the molecule is Cn1nnc2cccc(CS(=O)(=O)C[C@H](NC(=O)CC[C@H](N)C(=O)O)C(=O)N[C@@H](C(=O)O)c3ccccc3)c21. The molecule has 0 spiro atoms. The van der Waals surface area contributed by atoms with E-state index in [4.69, 9.17) is 10.8 Å². The van der Waals surface area contributed by atoms with Gasteiger partial charge in [0.15, 0.2) is 15.9 Å². The van der Waals surface area contributed by atoms with Crippen molar-refractivity contribution in [1.29, 1.82) is 0 Å². The van der Waals surface area contributed by atoms with Crippen LogP contribution in [0.5, 0.6) is 0 Å². The van der Waals surface area contributed by atoms with Gasteiger partial charge in [0.05, 0.1) is 17.0 Å². The molecule has 3 rings (SSSR count). The number of nitrogens with zero attached hydrogens (tertiary/aromatic N) is 3. The van der Waals surface area contributed by atoms with Gasteiger partial charge in [0.25, 0.3) is 0 Å². The first-order valence-corrected chi connectivity index (χ1v) is 13.5. The number of carboxylic acid groups (broad SMARTS) is 2. The number of aliphatic carboxylic acids is 2. The molecular formula is C24H28N6O8S. The highest BCUT2D eigenvalue weighted by atomic mass is 32.2. The van der Waals surface area contributed by atoms with E-state index in [0.717, 1.165) is 0 Å². The van der Waals surface area contributed by atoms with Crippen LogP contribution in [0.25, 0.3) is 11.0 Å². The summed E-state index contributed by atoms with van der Waals surface area (Å²) in [4.78, 5) is 48.5. The number of nitrogens with one attached hydrogen (secondary N) is 2. The second-order valence-electron chi connectivity index (χ2n) is 8.85. The van der Waals surface area contributed by atoms with E-state index in [9.17, 15) is 32.7 Å². The molecule has 39 heavy (non-hydrogen) atoms. The maximum absolute atomic E-state index is 13.2. The van der Waals surface area contributed by atoms with Gasteiger partial charge in [0, 0.05) is 13.5 Å². The third-order valence-corrected chi connectivity index (χ3v) is 7.41. The number of para-hydroxylation sites is 1. The average molecular weight is 561 g/mol. The van der Waals surface area contributed by atoms with Crippen LogP contribution < -0.4 is 16.4 Å². The first kappa shape index (κ1) is 29.2. The van der Waals surface area contributed by atoms with E-state index in [1.807, 2.05) is 0 Å². The Hall–Kier alpha value is -4.37. The monoisotopic (exact) mass is 560 g/mol. The van der Waals surface area contributed by atoms with Crippen molar-refractivity contribution in [2.24, 2.45) is 12.8 Å². The fraction of sp³-hybridized carbons (Fsp3) is 0.333. The minimum atomic E-state index is -4.09. The van der Waals surface area contributed by atoms with Gasteiger partial charge >= 0.3 is 11.9 Å². The van der Waals surface area contributed by atoms with Gasteiger partial charge in [-0.25, -0.2) is 17.9 Å². The van der Waals surface area contributed by atoms with Crippen molar-refractivity contribution in [2.75, 3.05) is 5.75 Å². The van der Waals surface area contributed by atoms with Crippen LogP contribution in [0.3, 0.4) is 0 Å². The van der Waals surface area contributed by atoms with Crippen LogP contribution >= 0.6 is 0 Å². The van der Waals surface area contributed by atoms with Crippen LogP contribution in [0.15, 0.2) is 48.5 Å². The largest absolute Gasteiger partial charge is 0.480 e. The Kier molecular flexibility index (Phi) is 9.32. The van der Waals surface area contributed by atoms with E-state index in [1.54, 1.807) is 43.4 Å². The molecule has 0 aliphatic rings. The van der Waals surface area contributed by atoms with E-state index in [-0.39, 0.29) is 12.0 Å². The number of carboxylic acids is 2. The Labute approximate surface area is 223 Å². The summed E-state index contributed by atoms with van der Waals surface area (Å²) in [6, 6.07) is 8.03. The summed E-state index contributed by atoms with van der Waals surface area (Å²) in [5.41, 5.74) is 6.96. The Balaban J connectivity index is 1.84. The lowest BCUT2D eigenvalue weighted by Crippen LogP contribution is -2.52. The molecule has 2 aromatic carbocycles. The third-order valence-electron chi connectivity index (χ3n) is 5.82. The van der Waals surface area contributed by atoms with Gasteiger partial charge in [-0.1, -0.05) is 47.7 Å². The number of benzene rings is 2. The van der Waals surface area contributed by atoms with Crippen molar-refractivity contribution in [3.8, 4) is 0 Å². The number of carbonyl (C=O) groups excluding carboxylic acids is 2. The van der Waals surface area contributed by atoms with Gasteiger partial charge in [0.1, 0.15) is 17.6 Å². The zero-order valence-corrected chi connectivity index (χ0v) is 21.7. The zero-order valence-electron chi connectivity index (χ0n) is 20.9. The number of carbonyl (C=O) groups is 4. The predicted octanol–water partition coefficient (Wildman–Crippen LogP) is -0.498. The highest BCUT2D eigenvalue weighted by Crippen LogP contribution is 2.19. The van der Waals surface area contributed by atoms with Crippen LogP contribution in [-0.2, 0) is 41.8 Å². The van der Waals surface area contributed by atoms with Gasteiger partial charge in [-0.15, -0.1) is 5.10 Å². The molecular weight excluding hydrogens is 532 g/mol. The normalized spacial score (nSPS) is 13.8. The molecule has 0 radical (unpaired) electrons. The molecule has 1 aromatic heterocycles. The molecule has 0 fully saturated rings. The minimum Gasteiger partial charge on any atom is -0.480 e. The number of nitrogens with two attached hydrogens (primary N) is 1. The minimum absolute atomic E-state index is 0.231. The molecule has 3 atom stereocenters. The quantitative estimate of drug-likeness (QED) is 0.179. The second kappa shape index (κ2) is 12.4. The third kappa shape index (κ3) is 7.81. The number of fused-ring (bicyclic) bond motifs is 1. The van der Waals surface area contributed by atoms with E-state index >= 15 is 0 Å². The van der Waals surface area contributed by atoms with Gasteiger partial charge in [-0.05, 0) is 23.6 Å². The summed E-state index contributed by atoms with van der Waals surface area (Å²) in [6.45, 7) is 0. The number of hydrogen-bond donors (Lipinski definition) is 5. The molecule has 14 nitrogen and oxygen atoms in total. The van der Waals surface area contributed by atoms with Crippen molar-refractivity contribution in [1.82, 2.24) is 25.6 Å². The van der Waals surface area contributed by atoms with E-state index < -0.39 is 69.6 Å². The maximum atomic E-state index is 13.2. The Morgan fingerprint density at radius 1 is 1.00 bits per heavy atom. The molecule has 0 unspecified atom stereocenters. The first-order valence-electron chi connectivity index (χ1n) is 11.7. The summed E-state index contributed by atoms with van der Waals surface area (Å²) in [5, 5.41) is 31.0. The van der Waals surface area contributed by atoms with Crippen molar-refractivity contribution in [3.63, 3.8) is 0 Å². The summed E-state index contributed by atoms with van der Waals surface area (Å²) >= 11 is 0. The van der Waals surface area contributed by atoms with Crippen molar-refractivity contribution in [2.45, 2.75) is 36.7 Å². The topological polar surface area (TPSA) is 224 Å². The summed E-state index contributed by atoms with van der Waals surface area (Å²) in [7, 11) is -2.49. The lowest BCUT2D eigenvalue weighted by molar-refractivity contribution is -0.142. The molecule has 1 heterocycles. The molecule has 208 valence electrons. The molecule has 0 aliphatic heterocycles. The molecule has 0 bridgehead atoms. The zero-order chi connectivity index (χ0) is 28.7. The van der Waals surface area contributed by atoms with Crippen molar-refractivity contribution >= 4 is 44.6 Å². The van der Waals surface area contributed by atoms with Gasteiger partial charge in [0.2, 0.25) is 11.8 Å². The van der Waals surface area contributed by atoms with Gasteiger partial charge < -0.3 is 26.6 Å². The first-order chi connectivity index (χ1) is 18.4. The number of aromatic nitrogens is 3. The Morgan fingerprint density at radius 2 is 1.69 bits per heavy atom. The van der Waals surface area contributed by atoms with Crippen LogP contribution in [0.4, 0.5) is 0 Å². The van der Waals surface area contributed by atoms with Crippen LogP contribution in [0.2, 0.25) is 0 Å². The van der Waals surface area contributed by atoms with E-state index in [1.165, 1.54) is 16.8 Å². The van der Waals surface area contributed by atoms with Gasteiger partial charge in [-0.3, -0.25) is 14.4 Å². The summed E-state index contributed by atoms with van der Waals surface area (Å²) < 4.78 is 27.9. The molecule has 6 N–H and O–H groups in total. The number of sulfone groups is 1. The lowest BCUT2D eigenvalue weighted by Gasteiger charge is -2.22. The molecule has 3 aromatic rings. The second-order valence-corrected chi connectivity index (χ2v) is 11.0. The van der Waals surface area contributed by atoms with Crippen molar-refractivity contribution in [3.05, 3.63) is 59.7 Å². The smallest absolute Gasteiger partial charge is 0.330 e. The number of hydrogen-bond acceptors (Lipinski definition) is 9. The lowest BCUT2D eigenvalue weighted by atomic mass is 10.1. The van der Waals surface area contributed by atoms with Crippen LogP contribution in [0.1, 0.15) is 30.0 Å².